The number of amides is 1. The third kappa shape index (κ3) is 6.15. The zero-order valence-electron chi connectivity index (χ0n) is 20.2. The zero-order valence-corrected chi connectivity index (χ0v) is 21.0. The van der Waals surface area contributed by atoms with Gasteiger partial charge in [-0.05, 0) is 61.0 Å². The zero-order chi connectivity index (χ0) is 27.3. The minimum atomic E-state index is -3.92. The van der Waals surface area contributed by atoms with Gasteiger partial charge in [-0.2, -0.15) is 0 Å². The van der Waals surface area contributed by atoms with E-state index in [1.807, 2.05) is 37.3 Å². The summed E-state index contributed by atoms with van der Waals surface area (Å²) >= 11 is 0. The van der Waals surface area contributed by atoms with Gasteiger partial charge >= 0.3 is 0 Å². The molecule has 1 N–H and O–H groups in total. The Morgan fingerprint density at radius 1 is 0.842 bits per heavy atom. The van der Waals surface area contributed by atoms with Crippen molar-refractivity contribution in [3.8, 4) is 5.75 Å². The van der Waals surface area contributed by atoms with Crippen LogP contribution in [0.1, 0.15) is 11.1 Å². The lowest BCUT2D eigenvalue weighted by Crippen LogP contribution is -2.30. The molecule has 0 aliphatic rings. The van der Waals surface area contributed by atoms with Crippen LogP contribution in [0.4, 0.5) is 24.5 Å². The van der Waals surface area contributed by atoms with Crippen LogP contribution in [-0.2, 0) is 21.4 Å². The van der Waals surface area contributed by atoms with Gasteiger partial charge in [-0.25, -0.2) is 21.6 Å². The molecule has 0 heterocycles. The Morgan fingerprint density at radius 2 is 1.50 bits per heavy atom. The molecule has 10 heteroatoms. The maximum atomic E-state index is 13.8. The summed E-state index contributed by atoms with van der Waals surface area (Å²) in [5, 5.41) is 2.11. The third-order valence-electron chi connectivity index (χ3n) is 5.58. The molecule has 196 valence electrons. The monoisotopic (exact) mass is 540 g/mol. The third-order valence-corrected chi connectivity index (χ3v) is 7.37. The molecule has 0 fully saturated rings. The number of sulfonamides is 1. The Bertz CT molecular complexity index is 1530. The largest absolute Gasteiger partial charge is 0.484 e. The smallest absolute Gasteiger partial charge is 0.264 e. The van der Waals surface area contributed by atoms with E-state index in [0.29, 0.717) is 11.8 Å². The normalized spacial score (nSPS) is 11.2. The highest BCUT2D eigenvalue weighted by Crippen LogP contribution is 2.28. The lowest BCUT2D eigenvalue weighted by Gasteiger charge is -2.25. The van der Waals surface area contributed by atoms with E-state index >= 15 is 0 Å². The van der Waals surface area contributed by atoms with Gasteiger partial charge in [0, 0.05) is 0 Å². The van der Waals surface area contributed by atoms with Crippen LogP contribution >= 0.6 is 0 Å². The van der Waals surface area contributed by atoms with Crippen LogP contribution in [-0.4, -0.2) is 20.9 Å². The van der Waals surface area contributed by atoms with Crippen molar-refractivity contribution in [2.45, 2.75) is 18.4 Å². The Hall–Kier alpha value is -4.31. The van der Waals surface area contributed by atoms with Gasteiger partial charge in [0.05, 0.1) is 22.8 Å². The van der Waals surface area contributed by atoms with E-state index in [2.05, 4.69) is 5.32 Å². The highest BCUT2D eigenvalue weighted by atomic mass is 32.2. The number of aryl methyl sites for hydroxylation is 1. The molecule has 4 aromatic rings. The van der Waals surface area contributed by atoms with E-state index in [1.54, 1.807) is 24.3 Å². The molecule has 0 atom stereocenters. The highest BCUT2D eigenvalue weighted by molar-refractivity contribution is 7.92. The van der Waals surface area contributed by atoms with Crippen molar-refractivity contribution < 1.29 is 31.1 Å². The number of ether oxygens (including phenoxy) is 1. The molecule has 0 radical (unpaired) electrons. The van der Waals surface area contributed by atoms with E-state index in [1.165, 1.54) is 28.6 Å². The van der Waals surface area contributed by atoms with E-state index in [0.717, 1.165) is 17.2 Å². The molecule has 0 bridgehead atoms. The van der Waals surface area contributed by atoms with Gasteiger partial charge in [-0.15, -0.1) is 0 Å². The molecule has 4 aromatic carbocycles. The molecule has 4 rings (SSSR count). The summed E-state index contributed by atoms with van der Waals surface area (Å²) in [6.07, 6.45) is 0. The summed E-state index contributed by atoms with van der Waals surface area (Å²) < 4.78 is 74.0. The van der Waals surface area contributed by atoms with Gasteiger partial charge in [0.2, 0.25) is 0 Å². The fourth-order valence-electron chi connectivity index (χ4n) is 3.57. The number of benzene rings is 4. The number of hydrogen-bond acceptors (Lipinski definition) is 4. The first kappa shape index (κ1) is 26.7. The van der Waals surface area contributed by atoms with Crippen LogP contribution in [0.2, 0.25) is 0 Å². The van der Waals surface area contributed by atoms with Crippen molar-refractivity contribution in [3.63, 3.8) is 0 Å². The number of carbonyl (C=O) groups excluding carboxylic acids is 1. The number of hydrogen-bond donors (Lipinski definition) is 1. The predicted octanol–water partition coefficient (Wildman–Crippen LogP) is 5.83. The van der Waals surface area contributed by atoms with Gasteiger partial charge in [0.15, 0.2) is 24.1 Å². The van der Waals surface area contributed by atoms with Crippen molar-refractivity contribution >= 4 is 27.3 Å². The number of carbonyl (C=O) groups is 1. The minimum Gasteiger partial charge on any atom is -0.484 e. The first-order valence-electron chi connectivity index (χ1n) is 11.4. The predicted molar refractivity (Wildman–Crippen MR) is 138 cm³/mol. The van der Waals surface area contributed by atoms with Crippen LogP contribution in [0.3, 0.4) is 0 Å². The van der Waals surface area contributed by atoms with Gasteiger partial charge in [-0.1, -0.05) is 48.0 Å². The van der Waals surface area contributed by atoms with E-state index < -0.39 is 45.7 Å². The average molecular weight is 541 g/mol. The van der Waals surface area contributed by atoms with Gasteiger partial charge in [0.1, 0.15) is 5.75 Å². The average Bonchev–Trinajstić information content (AvgIpc) is 2.92. The van der Waals surface area contributed by atoms with Crippen LogP contribution in [0.15, 0.2) is 95.9 Å². The van der Waals surface area contributed by atoms with E-state index in [4.69, 9.17) is 4.74 Å². The highest BCUT2D eigenvalue weighted by Gasteiger charge is 2.25. The van der Waals surface area contributed by atoms with Crippen LogP contribution < -0.4 is 14.4 Å². The van der Waals surface area contributed by atoms with Crippen LogP contribution in [0.25, 0.3) is 0 Å². The summed E-state index contributed by atoms with van der Waals surface area (Å²) in [4.78, 5) is 12.3. The first-order valence-corrected chi connectivity index (χ1v) is 12.9. The van der Waals surface area contributed by atoms with E-state index in [9.17, 15) is 26.4 Å². The fraction of sp³-hybridized carbons (Fsp3) is 0.107. The molecule has 0 aliphatic carbocycles. The quantitative estimate of drug-likeness (QED) is 0.271. The molecule has 0 aliphatic heterocycles. The van der Waals surface area contributed by atoms with Crippen molar-refractivity contribution in [2.75, 3.05) is 16.2 Å². The second kappa shape index (κ2) is 11.4. The number of nitrogens with zero attached hydrogens (tertiary/aromatic N) is 1. The second-order valence-corrected chi connectivity index (χ2v) is 10.2. The maximum Gasteiger partial charge on any atom is 0.264 e. The summed E-state index contributed by atoms with van der Waals surface area (Å²) in [5.41, 5.74) is 1.56. The number of nitrogens with one attached hydrogen (secondary N) is 1. The van der Waals surface area contributed by atoms with Crippen LogP contribution in [0.5, 0.6) is 5.75 Å². The second-order valence-electron chi connectivity index (χ2n) is 8.36. The number of halogens is 3. The Balaban J connectivity index is 1.50. The summed E-state index contributed by atoms with van der Waals surface area (Å²) in [7, 11) is -3.92. The Morgan fingerprint density at radius 3 is 2.16 bits per heavy atom. The molecular weight excluding hydrogens is 517 g/mol. The summed E-state index contributed by atoms with van der Waals surface area (Å²) in [5.74, 6) is -5.15. The number of anilines is 2. The first-order chi connectivity index (χ1) is 18.1. The minimum absolute atomic E-state index is 0.0828. The topological polar surface area (TPSA) is 75.7 Å². The van der Waals surface area contributed by atoms with Gasteiger partial charge in [-0.3, -0.25) is 9.10 Å². The Labute approximate surface area is 218 Å². The molecule has 0 unspecified atom stereocenters. The maximum absolute atomic E-state index is 13.8. The fourth-order valence-corrected chi connectivity index (χ4v) is 5.02. The molecule has 0 spiro atoms. The Kier molecular flexibility index (Phi) is 8.02. The summed E-state index contributed by atoms with van der Waals surface area (Å²) in [6, 6.07) is 23.3. The number of rotatable bonds is 9. The van der Waals surface area contributed by atoms with Gasteiger partial charge < -0.3 is 10.1 Å². The van der Waals surface area contributed by atoms with Crippen LogP contribution in [0, 0.1) is 24.4 Å². The summed E-state index contributed by atoms with van der Waals surface area (Å²) in [6.45, 7) is 1.40. The lowest BCUT2D eigenvalue weighted by atomic mass is 10.2. The standard InChI is InChI=1S/C28H23F3N2O4S/c1-19-7-13-23(14-8-19)38(35,36)33(17-20-5-3-2-4-6-20)21-9-11-22(12-10-21)37-18-26(34)32-25-16-15-24(29)27(30)28(25)31/h2-16H,17-18H2,1H3,(H,32,34). The molecule has 6 nitrogen and oxygen atoms in total. The molecule has 0 aromatic heterocycles. The molecule has 38 heavy (non-hydrogen) atoms. The lowest BCUT2D eigenvalue weighted by molar-refractivity contribution is -0.118. The SMILES string of the molecule is Cc1ccc(S(=O)(=O)N(Cc2ccccc2)c2ccc(OCC(=O)Nc3ccc(F)c(F)c3F)cc2)cc1. The molecule has 0 saturated heterocycles. The van der Waals surface area contributed by atoms with Crippen molar-refractivity contribution in [1.82, 2.24) is 0 Å². The van der Waals surface area contributed by atoms with Crippen molar-refractivity contribution in [3.05, 3.63) is 120 Å². The molecule has 1 amide bonds. The van der Waals surface area contributed by atoms with Crippen molar-refractivity contribution in [2.24, 2.45) is 0 Å². The molecular formula is C28H23F3N2O4S. The van der Waals surface area contributed by atoms with Crippen molar-refractivity contribution in [1.29, 1.82) is 0 Å². The van der Waals surface area contributed by atoms with E-state index in [-0.39, 0.29) is 17.2 Å². The van der Waals surface area contributed by atoms with Gasteiger partial charge in [0.25, 0.3) is 15.9 Å². The molecule has 0 saturated carbocycles.